The number of nitrogens with zero attached hydrogens (tertiary/aromatic N) is 18. The zero-order chi connectivity index (χ0) is 98.7. The summed E-state index contributed by atoms with van der Waals surface area (Å²) in [7, 11) is 0. The zero-order valence-corrected chi connectivity index (χ0v) is 77.3. The van der Waals surface area contributed by atoms with Crippen molar-refractivity contribution in [2.24, 2.45) is 0 Å². The first-order valence-corrected chi connectivity index (χ1v) is 43.4. The van der Waals surface area contributed by atoms with Crippen LogP contribution in [0.1, 0.15) is 110 Å². The van der Waals surface area contributed by atoms with Crippen molar-refractivity contribution in [3.8, 4) is 86.3 Å². The van der Waals surface area contributed by atoms with Gasteiger partial charge in [-0.15, -0.1) is 0 Å². The van der Waals surface area contributed by atoms with Crippen molar-refractivity contribution in [2.45, 2.75) is 80.1 Å². The predicted octanol–water partition coefficient (Wildman–Crippen LogP) is 18.0. The van der Waals surface area contributed by atoms with Crippen molar-refractivity contribution < 1.29 is 69.2 Å². The SMILES string of the molecule is C=CC(=O)N1CCN(c2c(C#N)c(=O)n(-c3c(C)ccnc3C(C)C)c3nc(-c4c(F)c(O)c(F)c(F)c4Cl)c(Cl)cc23)CC1.C=CC(=O)N1CCN(c2c(C#N)c(=O)n(-c3c(C)ccnc3C(C)C)c3nc(-c4c(F)c(O)c(F)c(F)c4Cl)c(Cl)cc23)CC1.C=CC(=O)N1CCN(c2c(C#N)c(=O)n(-c3c(C)ccnc3C(C)C)c3nc(-c4c(F)c(O)c(F)c(F)c4Cl)c(Cl)cc23)CC1. The predicted molar refractivity (Wildman–Crippen MR) is 494 cm³/mol. The van der Waals surface area contributed by atoms with Gasteiger partial charge < -0.3 is 44.7 Å². The normalized spacial score (nSPS) is 13.4. The van der Waals surface area contributed by atoms with E-state index in [1.54, 1.807) is 87.0 Å². The molecule has 3 N–H and O–H groups in total. The van der Waals surface area contributed by atoms with Gasteiger partial charge in [0.2, 0.25) is 35.2 Å². The Balaban J connectivity index is 0.000000171. The van der Waals surface area contributed by atoms with Gasteiger partial charge in [0, 0.05) is 113 Å². The molecular weight excluding hydrogens is 1900 g/mol. The average Bonchev–Trinajstić information content (AvgIpc) is 0.728. The van der Waals surface area contributed by atoms with Crippen molar-refractivity contribution in [3.63, 3.8) is 0 Å². The molecule has 12 heterocycles. The van der Waals surface area contributed by atoms with Gasteiger partial charge in [0.15, 0.2) is 52.2 Å². The van der Waals surface area contributed by atoms with Crippen LogP contribution in [0.15, 0.2) is 107 Å². The topological polar surface area (TPSA) is 346 Å². The number of pyridine rings is 9. The van der Waals surface area contributed by atoms with Crippen LogP contribution in [0.2, 0.25) is 30.1 Å². The number of hydrogen-bond donors (Lipinski definition) is 3. The van der Waals surface area contributed by atoms with Gasteiger partial charge in [-0.05, 0) is 110 Å². The lowest BCUT2D eigenvalue weighted by Crippen LogP contribution is -2.49. The first-order valence-electron chi connectivity index (χ1n) is 41.1. The molecule has 15 rings (SSSR count). The number of hydrogen-bond acceptors (Lipinski definition) is 21. The van der Waals surface area contributed by atoms with Crippen molar-refractivity contribution in [3.05, 3.63) is 257 Å². The second-order valence-electron chi connectivity index (χ2n) is 32.0. The number of amides is 3. The molecule has 3 fully saturated rings. The van der Waals surface area contributed by atoms with Crippen molar-refractivity contribution in [1.82, 2.24) is 58.3 Å². The maximum atomic E-state index is 15.3. The molecule has 696 valence electrons. The Morgan fingerprint density at radius 1 is 0.378 bits per heavy atom. The highest BCUT2D eigenvalue weighted by Gasteiger charge is 2.39. The third kappa shape index (κ3) is 17.5. The second-order valence-corrected chi connectivity index (χ2v) is 34.4. The average molecular weight is 1970 g/mol. The molecule has 3 saturated heterocycles. The Kier molecular flexibility index (Phi) is 28.8. The zero-order valence-electron chi connectivity index (χ0n) is 72.8. The molecule has 0 aliphatic carbocycles. The Morgan fingerprint density at radius 3 is 0.800 bits per heavy atom. The number of phenols is 3. The van der Waals surface area contributed by atoms with Gasteiger partial charge in [0.25, 0.3) is 16.7 Å². The summed E-state index contributed by atoms with van der Waals surface area (Å²) in [6, 6.07) is 15.0. The molecule has 3 aliphatic heterocycles. The third-order valence-corrected chi connectivity index (χ3v) is 24.9. The number of piperazine rings is 3. The highest BCUT2D eigenvalue weighted by molar-refractivity contribution is 6.39. The van der Waals surface area contributed by atoms with E-state index < -0.39 is 135 Å². The summed E-state index contributed by atoms with van der Waals surface area (Å²) in [5, 5.41) is 57.6. The highest BCUT2D eigenvalue weighted by Crippen LogP contribution is 2.49. The molecule has 0 saturated carbocycles. The van der Waals surface area contributed by atoms with Crippen LogP contribution in [-0.4, -0.2) is 170 Å². The number of aryl methyl sites for hydroxylation is 3. The lowest BCUT2D eigenvalue weighted by Gasteiger charge is -2.36. The third-order valence-electron chi connectivity index (χ3n) is 23.0. The van der Waals surface area contributed by atoms with Crippen molar-refractivity contribution in [1.29, 1.82) is 15.8 Å². The first-order chi connectivity index (χ1) is 64.0. The summed E-state index contributed by atoms with van der Waals surface area (Å²) in [5.41, 5.74) is -2.64. The number of rotatable bonds is 15. The number of fused-ring (bicyclic) bond motifs is 3. The van der Waals surface area contributed by atoms with E-state index >= 15 is 13.2 Å². The number of carbonyl (C=O) groups excluding carboxylic acids is 3. The summed E-state index contributed by atoms with van der Waals surface area (Å²) in [4.78, 5) is 116. The minimum Gasteiger partial charge on any atom is -0.503 e. The molecule has 135 heavy (non-hydrogen) atoms. The standard InChI is InChI=1S/3C31H25Cl2F3N6O3/c3*1-5-19(43)40-8-10-41(11-9-40)28-16-12-18(32)26(20-21(33)23(35)24(36)29(44)22(20)34)39-30(16)42(31(45)17(28)13-37)27-15(4)6-7-38-25(27)14(2)3/h3*5-7,12,14,44H,1,8-11H2,2-4H3. The summed E-state index contributed by atoms with van der Waals surface area (Å²) in [6.45, 7) is 29.8. The summed E-state index contributed by atoms with van der Waals surface area (Å²) in [5.74, 6) is -22.0. The van der Waals surface area contributed by atoms with E-state index in [4.69, 9.17) is 69.6 Å². The number of anilines is 3. The molecule has 0 unspecified atom stereocenters. The van der Waals surface area contributed by atoms with Crippen LogP contribution >= 0.6 is 69.6 Å². The fraction of sp³-hybridized carbons (Fsp3) is 0.258. The second kappa shape index (κ2) is 39.4. The van der Waals surface area contributed by atoms with E-state index in [9.17, 15) is 86.2 Å². The van der Waals surface area contributed by atoms with E-state index in [0.29, 0.717) is 50.8 Å². The number of halogens is 15. The lowest BCUT2D eigenvalue weighted by atomic mass is 10.0. The van der Waals surface area contributed by atoms with Crippen LogP contribution in [0, 0.1) is 107 Å². The van der Waals surface area contributed by atoms with Crippen molar-refractivity contribution in [2.75, 3.05) is 93.2 Å². The van der Waals surface area contributed by atoms with Gasteiger partial charge in [-0.3, -0.25) is 57.4 Å². The number of aromatic nitrogens is 9. The Bertz CT molecular complexity index is 6650. The number of phenolic OH excluding ortho intramolecular Hbond substituents is 3. The molecular formula is C93H75Cl6F9N18O9. The fourth-order valence-corrected chi connectivity index (χ4v) is 17.9. The number of aromatic hydroxyl groups is 3. The van der Waals surface area contributed by atoms with Crippen LogP contribution < -0.4 is 31.4 Å². The first kappa shape index (κ1) is 98.7. The van der Waals surface area contributed by atoms with Gasteiger partial charge in [-0.2, -0.15) is 29.0 Å². The van der Waals surface area contributed by atoms with E-state index in [2.05, 4.69) is 49.6 Å². The Labute approximate surface area is 792 Å². The van der Waals surface area contributed by atoms with E-state index in [1.807, 2.05) is 59.8 Å². The van der Waals surface area contributed by atoms with E-state index in [0.717, 1.165) is 13.7 Å². The van der Waals surface area contributed by atoms with Crippen LogP contribution in [0.3, 0.4) is 0 Å². The summed E-state index contributed by atoms with van der Waals surface area (Å²) >= 11 is 37.9. The molecule has 42 heteroatoms. The van der Waals surface area contributed by atoms with Gasteiger partial charge in [0.05, 0.1) is 115 Å². The molecule has 9 aromatic heterocycles. The minimum absolute atomic E-state index is 0.115. The molecule has 3 aliphatic rings. The molecule has 0 atom stereocenters. The van der Waals surface area contributed by atoms with Crippen LogP contribution in [0.25, 0.3) is 83.9 Å². The maximum Gasteiger partial charge on any atom is 0.276 e. The molecule has 0 bridgehead atoms. The highest BCUT2D eigenvalue weighted by atomic mass is 35.5. The molecule has 12 aromatic rings. The smallest absolute Gasteiger partial charge is 0.276 e. The fourth-order valence-electron chi connectivity index (χ4n) is 16.4. The van der Waals surface area contributed by atoms with Gasteiger partial charge in [-0.1, -0.05) is 131 Å². The summed E-state index contributed by atoms with van der Waals surface area (Å²) < 4.78 is 136. The number of nitriles is 3. The molecule has 0 spiro atoms. The largest absolute Gasteiger partial charge is 0.503 e. The molecule has 3 amide bonds. The van der Waals surface area contributed by atoms with E-state index in [1.165, 1.54) is 36.4 Å². The minimum atomic E-state index is -1.89. The van der Waals surface area contributed by atoms with E-state index in [-0.39, 0.29) is 196 Å². The summed E-state index contributed by atoms with van der Waals surface area (Å²) in [6.07, 6.45) is 8.29. The monoisotopic (exact) mass is 1970 g/mol. The van der Waals surface area contributed by atoms with Crippen molar-refractivity contribution >= 4 is 137 Å². The number of benzene rings is 3. The molecule has 27 nitrogen and oxygen atoms in total. The van der Waals surface area contributed by atoms with Crippen LogP contribution in [-0.2, 0) is 14.4 Å². The molecule has 0 radical (unpaired) electrons. The maximum absolute atomic E-state index is 15.3. The Morgan fingerprint density at radius 2 is 0.600 bits per heavy atom. The number of carbonyl (C=O) groups is 3. The van der Waals surface area contributed by atoms with Gasteiger partial charge in [-0.25, -0.2) is 41.3 Å². The quantitative estimate of drug-likeness (QED) is 0.0371. The van der Waals surface area contributed by atoms with Crippen LogP contribution in [0.4, 0.5) is 56.6 Å². The Hall–Kier alpha value is -13.8. The lowest BCUT2D eigenvalue weighted by molar-refractivity contribution is -0.127. The molecule has 3 aromatic carbocycles. The van der Waals surface area contributed by atoms with Crippen LogP contribution in [0.5, 0.6) is 17.2 Å². The van der Waals surface area contributed by atoms with Gasteiger partial charge >= 0.3 is 0 Å². The van der Waals surface area contributed by atoms with Gasteiger partial charge in [0.1, 0.15) is 51.8 Å².